The number of thioether (sulfide) groups is 1. The van der Waals surface area contributed by atoms with Crippen LogP contribution >= 0.6 is 11.8 Å². The maximum Gasteiger partial charge on any atom is 0.240 e. The monoisotopic (exact) mass is 242 g/mol. The summed E-state index contributed by atoms with van der Waals surface area (Å²) in [5.41, 5.74) is 0. The van der Waals surface area contributed by atoms with Crippen LogP contribution in [0.4, 0.5) is 0 Å². The van der Waals surface area contributed by atoms with E-state index >= 15 is 0 Å². The van der Waals surface area contributed by atoms with Crippen LogP contribution in [-0.2, 0) is 4.79 Å². The molecule has 1 unspecified atom stereocenters. The van der Waals surface area contributed by atoms with E-state index < -0.39 is 0 Å². The van der Waals surface area contributed by atoms with Crippen LogP contribution in [0, 0.1) is 0 Å². The summed E-state index contributed by atoms with van der Waals surface area (Å²) < 4.78 is 0. The molecule has 1 amide bonds. The maximum absolute atomic E-state index is 12.3. The van der Waals surface area contributed by atoms with E-state index in [9.17, 15) is 4.79 Å². The van der Waals surface area contributed by atoms with Gasteiger partial charge in [-0.2, -0.15) is 11.8 Å². The summed E-state index contributed by atoms with van der Waals surface area (Å²) in [6.07, 6.45) is 4.75. The summed E-state index contributed by atoms with van der Waals surface area (Å²) in [7, 11) is 0. The molecule has 0 aromatic heterocycles. The van der Waals surface area contributed by atoms with Gasteiger partial charge in [0.15, 0.2) is 0 Å². The minimum absolute atomic E-state index is 0.0798. The molecule has 2 rings (SSSR count). The number of rotatable bonds is 5. The van der Waals surface area contributed by atoms with Crippen molar-refractivity contribution in [2.75, 3.05) is 24.6 Å². The Morgan fingerprint density at radius 3 is 2.88 bits per heavy atom. The number of nitrogens with zero attached hydrogens (tertiary/aromatic N) is 1. The van der Waals surface area contributed by atoms with Crippen molar-refractivity contribution in [3.8, 4) is 0 Å². The molecular weight excluding hydrogens is 220 g/mol. The summed E-state index contributed by atoms with van der Waals surface area (Å²) in [5, 5.41) is 3.35. The highest BCUT2D eigenvalue weighted by molar-refractivity contribution is 7.99. The predicted molar refractivity (Wildman–Crippen MR) is 68.8 cm³/mol. The highest BCUT2D eigenvalue weighted by atomic mass is 32.2. The lowest BCUT2D eigenvalue weighted by Crippen LogP contribution is -2.51. The lowest BCUT2D eigenvalue weighted by Gasteiger charge is -2.30. The van der Waals surface area contributed by atoms with Crippen molar-refractivity contribution in [2.45, 2.75) is 44.7 Å². The molecule has 2 fully saturated rings. The summed E-state index contributed by atoms with van der Waals surface area (Å²) in [5.74, 6) is 2.44. The molecule has 1 heterocycles. The van der Waals surface area contributed by atoms with Gasteiger partial charge in [0.25, 0.3) is 0 Å². The van der Waals surface area contributed by atoms with Crippen molar-refractivity contribution in [3.05, 3.63) is 0 Å². The van der Waals surface area contributed by atoms with E-state index in [0.717, 1.165) is 31.0 Å². The highest BCUT2D eigenvalue weighted by Crippen LogP contribution is 2.28. The second kappa shape index (κ2) is 5.92. The summed E-state index contributed by atoms with van der Waals surface area (Å²) in [4.78, 5) is 14.5. The zero-order chi connectivity index (χ0) is 11.4. The van der Waals surface area contributed by atoms with Gasteiger partial charge in [-0.25, -0.2) is 0 Å². The van der Waals surface area contributed by atoms with E-state index in [1.807, 2.05) is 11.8 Å². The Hall–Kier alpha value is -0.220. The molecule has 1 aliphatic carbocycles. The molecule has 92 valence electrons. The van der Waals surface area contributed by atoms with Gasteiger partial charge in [0.2, 0.25) is 5.91 Å². The smallest absolute Gasteiger partial charge is 0.240 e. The van der Waals surface area contributed by atoms with Gasteiger partial charge in [0, 0.05) is 30.6 Å². The first-order valence-electron chi connectivity index (χ1n) is 6.44. The normalized spacial score (nSPS) is 25.4. The van der Waals surface area contributed by atoms with Gasteiger partial charge in [-0.3, -0.25) is 4.79 Å². The number of amides is 1. The van der Waals surface area contributed by atoms with Crippen LogP contribution in [0.5, 0.6) is 0 Å². The zero-order valence-electron chi connectivity index (χ0n) is 10.1. The van der Waals surface area contributed by atoms with Crippen LogP contribution in [0.1, 0.15) is 32.6 Å². The summed E-state index contributed by atoms with van der Waals surface area (Å²) >= 11 is 1.89. The summed E-state index contributed by atoms with van der Waals surface area (Å²) in [6, 6.07) is 0.643. The molecule has 1 saturated heterocycles. The summed E-state index contributed by atoms with van der Waals surface area (Å²) in [6.45, 7) is 4.13. The Morgan fingerprint density at radius 2 is 2.31 bits per heavy atom. The Morgan fingerprint density at radius 1 is 1.50 bits per heavy atom. The van der Waals surface area contributed by atoms with Gasteiger partial charge < -0.3 is 10.2 Å². The van der Waals surface area contributed by atoms with E-state index in [-0.39, 0.29) is 6.04 Å². The number of hydrogen-bond acceptors (Lipinski definition) is 3. The van der Waals surface area contributed by atoms with Gasteiger partial charge >= 0.3 is 0 Å². The van der Waals surface area contributed by atoms with Crippen LogP contribution in [0.15, 0.2) is 0 Å². The molecular formula is C12H22N2OS. The van der Waals surface area contributed by atoms with E-state index in [1.165, 1.54) is 19.3 Å². The van der Waals surface area contributed by atoms with Crippen LogP contribution in [0.25, 0.3) is 0 Å². The van der Waals surface area contributed by atoms with Crippen LogP contribution < -0.4 is 5.32 Å². The van der Waals surface area contributed by atoms with E-state index in [1.54, 1.807) is 0 Å². The van der Waals surface area contributed by atoms with Gasteiger partial charge in [0.05, 0.1) is 6.04 Å². The predicted octanol–water partition coefficient (Wildman–Crippen LogP) is 1.48. The molecule has 0 aromatic rings. The number of unbranched alkanes of at least 4 members (excludes halogenated alkanes) is 1. The van der Waals surface area contributed by atoms with Crippen molar-refractivity contribution in [3.63, 3.8) is 0 Å². The minimum Gasteiger partial charge on any atom is -0.338 e. The van der Waals surface area contributed by atoms with Gasteiger partial charge in [-0.05, 0) is 19.3 Å². The van der Waals surface area contributed by atoms with Gasteiger partial charge in [-0.1, -0.05) is 13.3 Å². The average Bonchev–Trinajstić information content (AvgIpc) is 3.15. The molecule has 0 bridgehead atoms. The SMILES string of the molecule is CCCCN(C(=O)C1CSCCN1)C1CC1. The van der Waals surface area contributed by atoms with Crippen molar-refractivity contribution >= 4 is 17.7 Å². The lowest BCUT2D eigenvalue weighted by molar-refractivity contribution is -0.133. The maximum atomic E-state index is 12.3. The van der Waals surface area contributed by atoms with Gasteiger partial charge in [-0.15, -0.1) is 0 Å². The first-order chi connectivity index (χ1) is 7.83. The minimum atomic E-state index is 0.0798. The quantitative estimate of drug-likeness (QED) is 0.792. The van der Waals surface area contributed by atoms with Crippen LogP contribution in [-0.4, -0.2) is 47.5 Å². The second-order valence-corrected chi connectivity index (χ2v) is 5.85. The molecule has 0 spiro atoms. The molecule has 4 heteroatoms. The molecule has 1 aliphatic heterocycles. The van der Waals surface area contributed by atoms with Crippen molar-refractivity contribution in [1.29, 1.82) is 0 Å². The number of nitrogens with one attached hydrogen (secondary N) is 1. The Bertz CT molecular complexity index is 237. The molecule has 2 aliphatic rings. The van der Waals surface area contributed by atoms with E-state index in [4.69, 9.17) is 0 Å². The highest BCUT2D eigenvalue weighted by Gasteiger charge is 2.35. The van der Waals surface area contributed by atoms with E-state index in [0.29, 0.717) is 11.9 Å². The fourth-order valence-electron chi connectivity index (χ4n) is 2.11. The van der Waals surface area contributed by atoms with Crippen LogP contribution in [0.3, 0.4) is 0 Å². The molecule has 0 radical (unpaired) electrons. The fraction of sp³-hybridized carbons (Fsp3) is 0.917. The third kappa shape index (κ3) is 3.14. The van der Waals surface area contributed by atoms with Crippen molar-refractivity contribution in [2.24, 2.45) is 0 Å². The molecule has 1 saturated carbocycles. The van der Waals surface area contributed by atoms with Gasteiger partial charge in [0.1, 0.15) is 0 Å². The van der Waals surface area contributed by atoms with E-state index in [2.05, 4.69) is 17.1 Å². The fourth-order valence-corrected chi connectivity index (χ4v) is 3.04. The Kier molecular flexibility index (Phi) is 4.53. The van der Waals surface area contributed by atoms with Crippen LogP contribution in [0.2, 0.25) is 0 Å². The number of carbonyl (C=O) groups excluding carboxylic acids is 1. The third-order valence-electron chi connectivity index (χ3n) is 3.24. The Labute approximate surface area is 102 Å². The Balaban J connectivity index is 1.87. The lowest BCUT2D eigenvalue weighted by atomic mass is 10.2. The topological polar surface area (TPSA) is 32.3 Å². The second-order valence-electron chi connectivity index (χ2n) is 4.70. The number of carbonyl (C=O) groups is 1. The molecule has 3 nitrogen and oxygen atoms in total. The van der Waals surface area contributed by atoms with Crippen molar-refractivity contribution in [1.82, 2.24) is 10.2 Å². The largest absolute Gasteiger partial charge is 0.338 e. The third-order valence-corrected chi connectivity index (χ3v) is 4.30. The average molecular weight is 242 g/mol. The molecule has 1 N–H and O–H groups in total. The first-order valence-corrected chi connectivity index (χ1v) is 7.60. The van der Waals surface area contributed by atoms with Crippen molar-refractivity contribution < 1.29 is 4.79 Å². The first kappa shape index (κ1) is 12.2. The molecule has 1 atom stereocenters. The zero-order valence-corrected chi connectivity index (χ0v) is 10.9. The standard InChI is InChI=1S/C12H22N2OS/c1-2-3-7-14(10-4-5-10)12(15)11-9-16-8-6-13-11/h10-11,13H,2-9H2,1H3. The number of hydrogen-bond donors (Lipinski definition) is 1. The molecule has 16 heavy (non-hydrogen) atoms. The molecule has 0 aromatic carbocycles.